The van der Waals surface area contributed by atoms with Gasteiger partial charge in [0.25, 0.3) is 0 Å². The summed E-state index contributed by atoms with van der Waals surface area (Å²) in [5.41, 5.74) is 2.90. The van der Waals surface area contributed by atoms with Crippen LogP contribution < -0.4 is 14.4 Å². The number of halogens is 1. The molecule has 0 saturated carbocycles. The molecule has 5 rings (SSSR count). The number of thioether (sulfide) groups is 1. The van der Waals surface area contributed by atoms with Crippen LogP contribution in [-0.2, 0) is 0 Å². The van der Waals surface area contributed by atoms with Crippen LogP contribution in [-0.4, -0.2) is 24.3 Å². The van der Waals surface area contributed by atoms with Crippen LogP contribution in [0.4, 0.5) is 10.8 Å². The van der Waals surface area contributed by atoms with Crippen molar-refractivity contribution >= 4 is 55.7 Å². The molecule has 0 radical (unpaired) electrons. The summed E-state index contributed by atoms with van der Waals surface area (Å²) in [4.78, 5) is 8.15. The number of methoxy groups -OCH3 is 2. The van der Waals surface area contributed by atoms with Gasteiger partial charge in [0.15, 0.2) is 5.13 Å². The number of aromatic nitrogens is 1. The summed E-state index contributed by atoms with van der Waals surface area (Å²) >= 11 is 9.45. The molecule has 0 bridgehead atoms. The van der Waals surface area contributed by atoms with E-state index in [9.17, 15) is 5.11 Å². The Hall–Kier alpha value is -2.61. The standard InChI is InChI=1S/C22H17ClN2O3S2/c1-27-14-5-8-17-20(11-14)29-21(15-6-3-12(23)9-18(15)28-2)25(17)22-24-16-7-4-13(26)10-19(16)30-22/h3-11,21,26H,1-2H3. The number of rotatable bonds is 4. The average Bonchev–Trinajstić information content (AvgIpc) is 3.33. The molecule has 4 aromatic rings. The predicted molar refractivity (Wildman–Crippen MR) is 123 cm³/mol. The molecule has 1 atom stereocenters. The van der Waals surface area contributed by atoms with Crippen LogP contribution in [0.5, 0.6) is 17.2 Å². The van der Waals surface area contributed by atoms with Gasteiger partial charge in [0.05, 0.1) is 30.1 Å². The van der Waals surface area contributed by atoms with Crippen molar-refractivity contribution in [3.63, 3.8) is 0 Å². The van der Waals surface area contributed by atoms with E-state index < -0.39 is 0 Å². The van der Waals surface area contributed by atoms with Gasteiger partial charge in [0.1, 0.15) is 22.6 Å². The van der Waals surface area contributed by atoms with E-state index in [0.717, 1.165) is 43.0 Å². The van der Waals surface area contributed by atoms with Crippen LogP contribution in [0.1, 0.15) is 10.9 Å². The molecular weight excluding hydrogens is 440 g/mol. The Kier molecular flexibility index (Phi) is 4.89. The van der Waals surface area contributed by atoms with Gasteiger partial charge in [-0.05, 0) is 48.5 Å². The van der Waals surface area contributed by atoms with Gasteiger partial charge in [-0.2, -0.15) is 0 Å². The largest absolute Gasteiger partial charge is 0.508 e. The number of benzene rings is 3. The quantitative estimate of drug-likeness (QED) is 0.372. The normalized spacial score (nSPS) is 15.4. The molecule has 0 saturated heterocycles. The molecule has 5 nitrogen and oxygen atoms in total. The van der Waals surface area contributed by atoms with Crippen molar-refractivity contribution in [2.45, 2.75) is 10.3 Å². The summed E-state index contributed by atoms with van der Waals surface area (Å²) in [6.07, 6.45) is 0. The number of hydrogen-bond acceptors (Lipinski definition) is 7. The first-order valence-electron chi connectivity index (χ1n) is 9.14. The van der Waals surface area contributed by atoms with Crippen LogP contribution in [0.25, 0.3) is 10.2 Å². The number of phenols is 1. The molecule has 0 spiro atoms. The third-order valence-electron chi connectivity index (χ3n) is 4.93. The number of nitrogens with zero attached hydrogens (tertiary/aromatic N) is 2. The molecule has 8 heteroatoms. The smallest absolute Gasteiger partial charge is 0.192 e. The van der Waals surface area contributed by atoms with Gasteiger partial charge in [-0.15, -0.1) is 0 Å². The van der Waals surface area contributed by atoms with Crippen molar-refractivity contribution in [2.75, 3.05) is 19.1 Å². The first-order valence-corrected chi connectivity index (χ1v) is 11.2. The van der Waals surface area contributed by atoms with Crippen LogP contribution in [0, 0.1) is 0 Å². The maximum Gasteiger partial charge on any atom is 0.192 e. The summed E-state index contributed by atoms with van der Waals surface area (Å²) in [5.74, 6) is 1.76. The summed E-state index contributed by atoms with van der Waals surface area (Å²) in [6.45, 7) is 0. The Labute approximate surface area is 186 Å². The molecule has 3 aromatic carbocycles. The van der Waals surface area contributed by atoms with E-state index in [1.54, 1.807) is 49.5 Å². The van der Waals surface area contributed by atoms with Crippen molar-refractivity contribution in [1.29, 1.82) is 0 Å². The molecule has 2 heterocycles. The molecule has 30 heavy (non-hydrogen) atoms. The fraction of sp³-hybridized carbons (Fsp3) is 0.136. The van der Waals surface area contributed by atoms with Gasteiger partial charge in [0, 0.05) is 15.5 Å². The highest BCUT2D eigenvalue weighted by Crippen LogP contribution is 2.57. The van der Waals surface area contributed by atoms with E-state index in [4.69, 9.17) is 26.1 Å². The van der Waals surface area contributed by atoms with Crippen LogP contribution in [0.15, 0.2) is 59.5 Å². The zero-order valence-electron chi connectivity index (χ0n) is 16.1. The zero-order valence-corrected chi connectivity index (χ0v) is 18.5. The Bertz CT molecular complexity index is 1260. The number of ether oxygens (including phenoxy) is 2. The molecule has 1 aliphatic heterocycles. The molecule has 1 aliphatic rings. The second kappa shape index (κ2) is 7.58. The van der Waals surface area contributed by atoms with E-state index >= 15 is 0 Å². The Morgan fingerprint density at radius 1 is 1.03 bits per heavy atom. The second-order valence-corrected chi connectivity index (χ2v) is 9.28. The van der Waals surface area contributed by atoms with Gasteiger partial charge < -0.3 is 14.6 Å². The molecule has 0 fully saturated rings. The first-order chi connectivity index (χ1) is 14.6. The number of anilines is 2. The van der Waals surface area contributed by atoms with Gasteiger partial charge in [-0.3, -0.25) is 4.90 Å². The topological polar surface area (TPSA) is 54.8 Å². The van der Waals surface area contributed by atoms with Gasteiger partial charge in [0.2, 0.25) is 0 Å². The number of phenolic OH excluding ortho intramolecular Hbond substituents is 1. The van der Waals surface area contributed by atoms with E-state index in [1.165, 1.54) is 0 Å². The summed E-state index contributed by atoms with van der Waals surface area (Å²) in [5, 5.41) is 11.2. The minimum absolute atomic E-state index is 0.0894. The number of hydrogen-bond donors (Lipinski definition) is 1. The molecular formula is C22H17ClN2O3S2. The second-order valence-electron chi connectivity index (χ2n) is 6.71. The van der Waals surface area contributed by atoms with E-state index in [0.29, 0.717) is 5.02 Å². The molecule has 1 unspecified atom stereocenters. The van der Waals surface area contributed by atoms with E-state index in [-0.39, 0.29) is 11.1 Å². The Morgan fingerprint density at radius 2 is 1.90 bits per heavy atom. The third-order valence-corrected chi connectivity index (χ3v) is 7.45. The van der Waals surface area contributed by atoms with Crippen LogP contribution in [0.3, 0.4) is 0 Å². The monoisotopic (exact) mass is 456 g/mol. The lowest BCUT2D eigenvalue weighted by Gasteiger charge is -2.25. The number of aromatic hydroxyl groups is 1. The molecule has 1 aromatic heterocycles. The minimum atomic E-state index is -0.0894. The highest BCUT2D eigenvalue weighted by Gasteiger charge is 2.36. The Balaban J connectivity index is 1.69. The summed E-state index contributed by atoms with van der Waals surface area (Å²) in [6, 6.07) is 17.0. The lowest BCUT2D eigenvalue weighted by atomic mass is 10.1. The van der Waals surface area contributed by atoms with Gasteiger partial charge in [-0.1, -0.05) is 40.8 Å². The SMILES string of the molecule is COc1ccc2c(c1)SC(c1ccc(Cl)cc1OC)N2c1nc2ccc(O)cc2s1. The maximum atomic E-state index is 9.86. The van der Waals surface area contributed by atoms with E-state index in [2.05, 4.69) is 4.90 Å². The molecule has 152 valence electrons. The third kappa shape index (κ3) is 3.23. The van der Waals surface area contributed by atoms with Gasteiger partial charge >= 0.3 is 0 Å². The van der Waals surface area contributed by atoms with Crippen molar-refractivity contribution in [3.05, 3.63) is 65.2 Å². The van der Waals surface area contributed by atoms with E-state index in [1.807, 2.05) is 42.5 Å². The van der Waals surface area contributed by atoms with Crippen molar-refractivity contribution < 1.29 is 14.6 Å². The highest BCUT2D eigenvalue weighted by atomic mass is 35.5. The zero-order chi connectivity index (χ0) is 20.8. The average molecular weight is 457 g/mol. The number of thiazole rings is 1. The van der Waals surface area contributed by atoms with Crippen LogP contribution >= 0.6 is 34.7 Å². The fourth-order valence-electron chi connectivity index (χ4n) is 3.51. The molecule has 1 N–H and O–H groups in total. The van der Waals surface area contributed by atoms with Crippen LogP contribution in [0.2, 0.25) is 5.02 Å². The van der Waals surface area contributed by atoms with Crippen molar-refractivity contribution in [1.82, 2.24) is 4.98 Å². The Morgan fingerprint density at radius 3 is 2.70 bits per heavy atom. The fourth-order valence-corrected chi connectivity index (χ4v) is 6.14. The van der Waals surface area contributed by atoms with Crippen molar-refractivity contribution in [2.24, 2.45) is 0 Å². The predicted octanol–water partition coefficient (Wildman–Crippen LogP) is 6.62. The molecule has 0 amide bonds. The maximum absolute atomic E-state index is 9.86. The lowest BCUT2D eigenvalue weighted by Crippen LogP contribution is -2.17. The minimum Gasteiger partial charge on any atom is -0.508 e. The van der Waals surface area contributed by atoms with Gasteiger partial charge in [-0.25, -0.2) is 4.98 Å². The summed E-state index contributed by atoms with van der Waals surface area (Å²) in [7, 11) is 3.31. The first kappa shape index (κ1) is 19.4. The lowest BCUT2D eigenvalue weighted by molar-refractivity contribution is 0.409. The molecule has 0 aliphatic carbocycles. The highest BCUT2D eigenvalue weighted by molar-refractivity contribution is 8.00. The number of fused-ring (bicyclic) bond motifs is 2. The van der Waals surface area contributed by atoms with Crippen molar-refractivity contribution in [3.8, 4) is 17.2 Å². The summed E-state index contributed by atoms with van der Waals surface area (Å²) < 4.78 is 12.0.